The average molecular weight is 1970 g/mol. The fourth-order valence-corrected chi connectivity index (χ4v) is 17.8. The van der Waals surface area contributed by atoms with Gasteiger partial charge in [-0.1, -0.05) is 213 Å². The number of methoxy groups -OCH3 is 3. The van der Waals surface area contributed by atoms with E-state index in [9.17, 15) is 30.3 Å². The van der Waals surface area contributed by atoms with Gasteiger partial charge in [-0.2, -0.15) is 0 Å². The molecule has 141 heavy (non-hydrogen) atoms. The second kappa shape index (κ2) is 44.5. The van der Waals surface area contributed by atoms with E-state index >= 15 is 0 Å². The molecule has 0 fully saturated rings. The van der Waals surface area contributed by atoms with Crippen LogP contribution in [0.2, 0.25) is 0 Å². The molecule has 30 nitrogen and oxygen atoms in total. The maximum absolute atomic E-state index is 11.4. The summed E-state index contributed by atoms with van der Waals surface area (Å²) in [5.74, 6) is 4.22. The van der Waals surface area contributed by atoms with Gasteiger partial charge in [0.2, 0.25) is 0 Å². The third-order valence-corrected chi connectivity index (χ3v) is 25.7. The molecule has 9 aromatic carbocycles. The zero-order chi connectivity index (χ0) is 102. The molecule has 33 heteroatoms. The minimum atomic E-state index is -0.439. The molecule has 0 unspecified atom stereocenters. The van der Waals surface area contributed by atoms with Crippen LogP contribution < -0.4 is 60.3 Å². The van der Waals surface area contributed by atoms with E-state index in [1.807, 2.05) is 32.6 Å². The number of thiocarbonyl (C=S) groups is 3. The predicted molar refractivity (Wildman–Crippen MR) is 566 cm³/mol. The molecule has 0 saturated heterocycles. The number of hydrogen-bond donors (Lipinski definition) is 6. The zero-order valence-corrected chi connectivity index (χ0v) is 87.3. The highest BCUT2D eigenvalue weighted by Gasteiger charge is 2.33. The van der Waals surface area contributed by atoms with E-state index in [1.165, 1.54) is 36.4 Å². The number of nitro benzene ring substituents is 3. The largest absolute Gasteiger partial charge is 0.496 e. The van der Waals surface area contributed by atoms with Crippen molar-refractivity contribution >= 4 is 86.1 Å². The van der Waals surface area contributed by atoms with E-state index < -0.39 is 14.8 Å². The summed E-state index contributed by atoms with van der Waals surface area (Å²) in [6.07, 6.45) is 9.93. The first-order chi connectivity index (χ1) is 66.6. The van der Waals surface area contributed by atoms with Crippen molar-refractivity contribution in [3.63, 3.8) is 0 Å². The highest BCUT2D eigenvalue weighted by atomic mass is 32.1. The van der Waals surface area contributed by atoms with Gasteiger partial charge in [0.25, 0.3) is 17.1 Å². The Morgan fingerprint density at radius 1 is 0.312 bits per heavy atom. The fourth-order valence-electron chi connectivity index (χ4n) is 17.1. The van der Waals surface area contributed by atoms with Crippen LogP contribution in [0.15, 0.2) is 164 Å². The lowest BCUT2D eigenvalue weighted by Gasteiger charge is -2.29. The van der Waals surface area contributed by atoms with E-state index in [4.69, 9.17) is 80.4 Å². The topological polar surface area (TPSA) is 349 Å². The second-order valence-electron chi connectivity index (χ2n) is 42.3. The number of non-ortho nitro benzene ring substituents is 3. The molecule has 0 saturated carbocycles. The van der Waals surface area contributed by atoms with Crippen molar-refractivity contribution in [2.45, 2.75) is 254 Å². The Labute approximate surface area is 842 Å². The highest BCUT2D eigenvalue weighted by Crippen LogP contribution is 2.47. The molecule has 12 aromatic rings. The number of fused-ring (bicyclic) bond motifs is 12. The number of nitrogens with zero attached hydrogens (tertiary/aromatic N) is 12. The van der Waals surface area contributed by atoms with Crippen molar-refractivity contribution in [3.05, 3.63) is 312 Å². The van der Waals surface area contributed by atoms with Gasteiger partial charge in [0.15, 0.2) is 15.3 Å². The molecule has 1 aliphatic rings. The third-order valence-electron chi connectivity index (χ3n) is 25.0. The Kier molecular flexibility index (Phi) is 33.1. The van der Waals surface area contributed by atoms with Gasteiger partial charge in [0.1, 0.15) is 71.4 Å². The number of benzene rings is 9. The number of aromatic nitrogens is 9. The van der Waals surface area contributed by atoms with Gasteiger partial charge in [-0.15, -0.1) is 15.3 Å². The maximum Gasteiger partial charge on any atom is 0.269 e. The van der Waals surface area contributed by atoms with Crippen molar-refractivity contribution in [3.8, 4) is 34.5 Å². The number of anilines is 3. The summed E-state index contributed by atoms with van der Waals surface area (Å²) >= 11 is 16.9. The third kappa shape index (κ3) is 27.8. The molecule has 0 amide bonds. The Hall–Kier alpha value is -13.5. The smallest absolute Gasteiger partial charge is 0.269 e. The molecule has 13 rings (SSSR count). The number of rotatable bonds is 30. The highest BCUT2D eigenvalue weighted by molar-refractivity contribution is 7.80. The number of ether oxygens (including phenoxy) is 6. The lowest BCUT2D eigenvalue weighted by Crippen LogP contribution is -2.29. The SMILES string of the molecule is COc1c2cc(C(C)(C)C)cc1Cc1cc(C(C)(C)C)cc(c1OCc1cn(CCCNC(=S)Nc3ccc([N+](=O)[O-])cc3)nn1)Cc1cc(C(C)(C)C)cc(c1OC)Cc1cc(C(C)(C)C)cc(c1OCc1cn(CCCNC(=S)Nc3ccc([N+](=O)[O-])cc3)nn1)Cc1cc(C(C)(C)C)cc(c1OC)Cc1cc(C(C)(C)C)cc(c1OCc1cn(CCCNC(=S)Nc3ccc([N+](=O)[O-])cc3)nn1)C2. The molecule has 0 radical (unpaired) electrons. The average Bonchev–Trinajstić information content (AvgIpc) is 1.03. The van der Waals surface area contributed by atoms with Crippen molar-refractivity contribution in [1.82, 2.24) is 60.9 Å². The van der Waals surface area contributed by atoms with Gasteiger partial charge < -0.3 is 60.3 Å². The van der Waals surface area contributed by atoms with Gasteiger partial charge in [0.05, 0.1) is 54.7 Å². The predicted octanol–water partition coefficient (Wildman–Crippen LogP) is 21.7. The van der Waals surface area contributed by atoms with Gasteiger partial charge in [-0.25, -0.2) is 0 Å². The Morgan fingerprint density at radius 3 is 0.667 bits per heavy atom. The molecular weight excluding hydrogens is 1840 g/mol. The first-order valence-electron chi connectivity index (χ1n) is 47.7. The summed E-state index contributed by atoms with van der Waals surface area (Å²) in [7, 11) is 5.31. The fraction of sp³-hybridized carbons (Fsp3) is 0.417. The molecular formula is C108H132N18O12S3. The number of nitro groups is 3. The van der Waals surface area contributed by atoms with Crippen molar-refractivity contribution in [1.29, 1.82) is 0 Å². The van der Waals surface area contributed by atoms with Crippen LogP contribution in [-0.4, -0.2) is 116 Å². The normalized spacial score (nSPS) is 12.6. The van der Waals surface area contributed by atoms with Crippen LogP contribution in [0.4, 0.5) is 34.1 Å². The monoisotopic (exact) mass is 1970 g/mol. The molecule has 6 N–H and O–H groups in total. The van der Waals surface area contributed by atoms with E-state index in [2.05, 4.69) is 245 Å². The van der Waals surface area contributed by atoms with Gasteiger partial charge in [0, 0.05) is 131 Å². The van der Waals surface area contributed by atoms with Crippen LogP contribution in [0.1, 0.15) is 261 Å². The van der Waals surface area contributed by atoms with Crippen molar-refractivity contribution in [2.75, 3.05) is 56.9 Å². The minimum absolute atomic E-state index is 0.0141. The van der Waals surface area contributed by atoms with Crippen molar-refractivity contribution < 1.29 is 43.2 Å². The van der Waals surface area contributed by atoms with Crippen LogP contribution in [0.3, 0.4) is 0 Å². The quantitative estimate of drug-likeness (QED) is 0.0105. The Balaban J connectivity index is 0.961. The standard InChI is InChI=1S/C108H132N18O12S3/c1-103(2,3)79-49-67-43-73-55-82(106(10,11)12)57-75(97(73)136-64-88-61-121(118-115-88)40-22-37-109-100(139)112-85-25-31-91(32-26-85)124(127)128)45-69-51-80(104(4,5)6)53-71(95(69)134-20)47-77-59-84(108(16,17)18)60-78(99(77)138-66-90-63-123(120-117-90)42-24-39-111-102(141)114-87-29-35-93(36-30-87)126(131)132)48-72-54-81(105(7,8)9)52-70(96(72)135-21)46-76-58-83(107(13,14)15)56-74(44-68(50-79)94(67)133-19)98(76)137-65-89-62-122(119-116-89)41-23-38-110-101(140)113-86-27-33-92(34-28-86)125(129)130/h25-36,49-63H,22-24,37-48,64-66H2,1-21H3,(H2,109,112,139)(H2,110,113,140)(H2,111,114,141). The van der Waals surface area contributed by atoms with E-state index in [0.717, 1.165) is 117 Å². The Morgan fingerprint density at radius 2 is 0.496 bits per heavy atom. The summed E-state index contributed by atoms with van der Waals surface area (Å²) in [4.78, 5) is 32.8. The molecule has 12 bridgehead atoms. The summed E-state index contributed by atoms with van der Waals surface area (Å²) in [5.41, 5.74) is 19.4. The van der Waals surface area contributed by atoms with Crippen LogP contribution in [0.5, 0.6) is 34.5 Å². The first-order valence-corrected chi connectivity index (χ1v) is 48.9. The summed E-state index contributed by atoms with van der Waals surface area (Å²) in [6, 6.07) is 46.0. The molecule has 3 heterocycles. The van der Waals surface area contributed by atoms with Crippen LogP contribution in [-0.2, 0) is 110 Å². The number of nitrogens with one attached hydrogen (secondary N) is 6. The molecule has 744 valence electrons. The van der Waals surface area contributed by atoms with Gasteiger partial charge >= 0.3 is 0 Å². The lowest BCUT2D eigenvalue weighted by molar-refractivity contribution is -0.385. The van der Waals surface area contributed by atoms with Crippen LogP contribution >= 0.6 is 36.7 Å². The lowest BCUT2D eigenvalue weighted by atomic mass is 9.79. The minimum Gasteiger partial charge on any atom is -0.496 e. The van der Waals surface area contributed by atoms with Crippen LogP contribution in [0, 0.1) is 30.3 Å². The van der Waals surface area contributed by atoms with E-state index in [0.29, 0.717) is 164 Å². The Bertz CT molecular complexity index is 5780. The first kappa shape index (κ1) is 105. The molecule has 0 spiro atoms. The number of aryl methyl sites for hydroxylation is 3. The molecule has 3 aromatic heterocycles. The van der Waals surface area contributed by atoms with Gasteiger partial charge in [-0.3, -0.25) is 44.4 Å². The van der Waals surface area contributed by atoms with Gasteiger partial charge in [-0.05, 0) is 225 Å². The number of hydrogen-bond acceptors (Lipinski definition) is 21. The summed E-state index contributed by atoms with van der Waals surface area (Å²) in [5, 5.41) is 82.5. The summed E-state index contributed by atoms with van der Waals surface area (Å²) in [6.45, 7) is 43.7. The second-order valence-corrected chi connectivity index (χ2v) is 43.5. The molecule has 0 aliphatic heterocycles. The van der Waals surface area contributed by atoms with Crippen molar-refractivity contribution in [2.24, 2.45) is 0 Å². The zero-order valence-electron chi connectivity index (χ0n) is 84.8. The molecule has 0 atom stereocenters. The van der Waals surface area contributed by atoms with Crippen LogP contribution in [0.25, 0.3) is 0 Å². The molecule has 1 aliphatic carbocycles. The maximum atomic E-state index is 11.4. The summed E-state index contributed by atoms with van der Waals surface area (Å²) < 4.78 is 48.8. The van der Waals surface area contributed by atoms with E-state index in [-0.39, 0.29) is 69.4 Å². The van der Waals surface area contributed by atoms with E-state index in [1.54, 1.807) is 57.7 Å².